The zero-order chi connectivity index (χ0) is 13.4. The molecule has 2 aromatic rings. The Bertz CT molecular complexity index is 635. The van der Waals surface area contributed by atoms with Crippen LogP contribution in [0.15, 0.2) is 11.4 Å². The van der Waals surface area contributed by atoms with Gasteiger partial charge in [0.05, 0.1) is 0 Å². The number of nitrogens with zero attached hydrogens (tertiary/aromatic N) is 2. The molecule has 3 rings (SSSR count). The van der Waals surface area contributed by atoms with E-state index < -0.39 is 5.97 Å². The van der Waals surface area contributed by atoms with E-state index in [9.17, 15) is 9.90 Å². The highest BCUT2D eigenvalue weighted by Gasteiger charge is 2.21. The number of carboxylic acids is 1. The van der Waals surface area contributed by atoms with Crippen molar-refractivity contribution in [2.24, 2.45) is 5.92 Å². The molecule has 0 amide bonds. The Hall–Kier alpha value is -1.14. The van der Waals surface area contributed by atoms with Crippen LogP contribution in [-0.4, -0.2) is 26.8 Å². The molecule has 0 bridgehead atoms. The molecule has 0 aliphatic heterocycles. The van der Waals surface area contributed by atoms with Crippen molar-refractivity contribution in [2.45, 2.75) is 31.2 Å². The van der Waals surface area contributed by atoms with E-state index in [1.54, 1.807) is 11.8 Å². The third-order valence-electron chi connectivity index (χ3n) is 3.57. The lowest BCUT2D eigenvalue weighted by Gasteiger charge is -2.24. The van der Waals surface area contributed by atoms with Gasteiger partial charge in [-0.05, 0) is 31.2 Å². The topological polar surface area (TPSA) is 63.1 Å². The summed E-state index contributed by atoms with van der Waals surface area (Å²) in [4.78, 5) is 20.9. The van der Waals surface area contributed by atoms with Crippen molar-refractivity contribution in [3.8, 4) is 0 Å². The summed E-state index contributed by atoms with van der Waals surface area (Å²) in [5, 5.41) is 11.0. The van der Waals surface area contributed by atoms with E-state index in [1.807, 2.05) is 6.92 Å². The molecule has 0 radical (unpaired) electrons. The number of carboxylic acid groups (broad SMARTS) is 1. The number of hydrogen-bond acceptors (Lipinski definition) is 5. The molecule has 6 heteroatoms. The van der Waals surface area contributed by atoms with E-state index in [1.165, 1.54) is 36.9 Å². The standard InChI is InChI=1S/C13H14N2O2S2/c1-7-9-11(18-5-8-3-2-4-8)14-6-15-12(9)19-10(7)13(16)17/h6,8H,2-5H2,1H3,(H,16,17). The second kappa shape index (κ2) is 5.09. The summed E-state index contributed by atoms with van der Waals surface area (Å²) in [5.74, 6) is 0.993. The molecule has 1 aliphatic rings. The second-order valence-electron chi connectivity index (χ2n) is 4.83. The number of aromatic carboxylic acids is 1. The molecule has 1 aliphatic carbocycles. The van der Waals surface area contributed by atoms with E-state index in [0.717, 1.165) is 32.5 Å². The number of carbonyl (C=O) groups is 1. The second-order valence-corrected chi connectivity index (χ2v) is 6.84. The number of aryl methyl sites for hydroxylation is 1. The van der Waals surface area contributed by atoms with Gasteiger partial charge in [0.25, 0.3) is 0 Å². The van der Waals surface area contributed by atoms with E-state index in [2.05, 4.69) is 9.97 Å². The van der Waals surface area contributed by atoms with Crippen molar-refractivity contribution in [1.82, 2.24) is 9.97 Å². The number of hydrogen-bond donors (Lipinski definition) is 1. The van der Waals surface area contributed by atoms with Gasteiger partial charge in [0.15, 0.2) is 0 Å². The van der Waals surface area contributed by atoms with E-state index in [4.69, 9.17) is 0 Å². The quantitative estimate of drug-likeness (QED) is 0.689. The summed E-state index contributed by atoms with van der Waals surface area (Å²) in [6.07, 6.45) is 5.49. The van der Waals surface area contributed by atoms with Gasteiger partial charge in [-0.2, -0.15) is 0 Å². The van der Waals surface area contributed by atoms with Gasteiger partial charge in [0, 0.05) is 11.1 Å². The zero-order valence-corrected chi connectivity index (χ0v) is 12.2. The Morgan fingerprint density at radius 1 is 1.53 bits per heavy atom. The molecule has 2 heterocycles. The van der Waals surface area contributed by atoms with Crippen LogP contribution in [0.1, 0.15) is 34.5 Å². The summed E-state index contributed by atoms with van der Waals surface area (Å²) in [5.41, 5.74) is 0.796. The van der Waals surface area contributed by atoms with Gasteiger partial charge in [-0.15, -0.1) is 23.1 Å². The number of aromatic nitrogens is 2. The van der Waals surface area contributed by atoms with Gasteiger partial charge in [0.1, 0.15) is 21.1 Å². The average molecular weight is 294 g/mol. The summed E-state index contributed by atoms with van der Waals surface area (Å²) in [6, 6.07) is 0. The van der Waals surface area contributed by atoms with Crippen LogP contribution in [0, 0.1) is 12.8 Å². The lowest BCUT2D eigenvalue weighted by Crippen LogP contribution is -2.13. The van der Waals surface area contributed by atoms with Crippen LogP contribution >= 0.6 is 23.1 Å². The number of thioether (sulfide) groups is 1. The van der Waals surface area contributed by atoms with Crippen LogP contribution in [0.3, 0.4) is 0 Å². The monoisotopic (exact) mass is 294 g/mol. The highest BCUT2D eigenvalue weighted by atomic mass is 32.2. The molecule has 1 fully saturated rings. The van der Waals surface area contributed by atoms with Crippen molar-refractivity contribution in [1.29, 1.82) is 0 Å². The minimum absolute atomic E-state index is 0.376. The Kier molecular flexibility index (Phi) is 3.45. The van der Waals surface area contributed by atoms with Crippen LogP contribution < -0.4 is 0 Å². The first-order valence-corrected chi connectivity index (χ1v) is 8.07. The minimum atomic E-state index is -0.879. The van der Waals surface area contributed by atoms with Crippen molar-refractivity contribution in [3.05, 3.63) is 16.8 Å². The Balaban J connectivity index is 1.96. The first-order chi connectivity index (χ1) is 9.16. The van der Waals surface area contributed by atoms with Gasteiger partial charge in [-0.3, -0.25) is 0 Å². The largest absolute Gasteiger partial charge is 0.477 e. The molecule has 0 spiro atoms. The van der Waals surface area contributed by atoms with Crippen LogP contribution in [0.4, 0.5) is 0 Å². The summed E-state index contributed by atoms with van der Waals surface area (Å²) >= 11 is 2.97. The normalized spacial score (nSPS) is 15.6. The Morgan fingerprint density at radius 2 is 2.32 bits per heavy atom. The maximum atomic E-state index is 11.2. The molecule has 100 valence electrons. The molecule has 2 aromatic heterocycles. The van der Waals surface area contributed by atoms with Gasteiger partial charge >= 0.3 is 5.97 Å². The molecule has 0 atom stereocenters. The average Bonchev–Trinajstić information content (AvgIpc) is 2.66. The molecule has 0 saturated heterocycles. The van der Waals surface area contributed by atoms with Crippen LogP contribution in [0.2, 0.25) is 0 Å². The maximum absolute atomic E-state index is 11.2. The smallest absolute Gasteiger partial charge is 0.346 e. The summed E-state index contributed by atoms with van der Waals surface area (Å²) < 4.78 is 0. The SMILES string of the molecule is Cc1c(C(=O)O)sc2ncnc(SCC3CCC3)c12. The number of thiophene rings is 1. The minimum Gasteiger partial charge on any atom is -0.477 e. The first kappa shape index (κ1) is 12.9. The van der Waals surface area contributed by atoms with E-state index in [-0.39, 0.29) is 0 Å². The molecule has 19 heavy (non-hydrogen) atoms. The predicted molar refractivity (Wildman–Crippen MR) is 77.2 cm³/mol. The maximum Gasteiger partial charge on any atom is 0.346 e. The zero-order valence-electron chi connectivity index (χ0n) is 10.5. The fraction of sp³-hybridized carbons (Fsp3) is 0.462. The fourth-order valence-corrected chi connectivity index (χ4v) is 4.50. The van der Waals surface area contributed by atoms with E-state index >= 15 is 0 Å². The highest BCUT2D eigenvalue weighted by Crippen LogP contribution is 2.37. The molecule has 1 N–H and O–H groups in total. The molecule has 0 aromatic carbocycles. The lowest BCUT2D eigenvalue weighted by atomic mass is 9.87. The van der Waals surface area contributed by atoms with E-state index in [0.29, 0.717) is 4.88 Å². The number of fused-ring (bicyclic) bond motifs is 1. The molecule has 4 nitrogen and oxygen atoms in total. The fourth-order valence-electron chi connectivity index (χ4n) is 2.21. The Morgan fingerprint density at radius 3 is 2.95 bits per heavy atom. The summed E-state index contributed by atoms with van der Waals surface area (Å²) in [6.45, 7) is 1.85. The molecule has 1 saturated carbocycles. The van der Waals surface area contributed by atoms with Crippen molar-refractivity contribution in [3.63, 3.8) is 0 Å². The van der Waals surface area contributed by atoms with Crippen LogP contribution in [0.25, 0.3) is 10.2 Å². The highest BCUT2D eigenvalue weighted by molar-refractivity contribution is 7.99. The van der Waals surface area contributed by atoms with Crippen molar-refractivity contribution >= 4 is 39.3 Å². The molecular weight excluding hydrogens is 280 g/mol. The van der Waals surface area contributed by atoms with Crippen LogP contribution in [0.5, 0.6) is 0 Å². The number of rotatable bonds is 4. The first-order valence-electron chi connectivity index (χ1n) is 6.27. The van der Waals surface area contributed by atoms with Gasteiger partial charge in [-0.25, -0.2) is 14.8 Å². The molecular formula is C13H14N2O2S2. The lowest BCUT2D eigenvalue weighted by molar-refractivity contribution is 0.0701. The molecule has 0 unspecified atom stereocenters. The Labute approximate surface area is 119 Å². The third-order valence-corrected chi connectivity index (χ3v) is 5.98. The predicted octanol–water partition coefficient (Wildman–Crippen LogP) is 3.59. The van der Waals surface area contributed by atoms with Gasteiger partial charge in [-0.1, -0.05) is 6.42 Å². The van der Waals surface area contributed by atoms with Crippen molar-refractivity contribution in [2.75, 3.05) is 5.75 Å². The third kappa shape index (κ3) is 2.34. The van der Waals surface area contributed by atoms with Gasteiger partial charge in [0.2, 0.25) is 0 Å². The van der Waals surface area contributed by atoms with Crippen LogP contribution in [-0.2, 0) is 0 Å². The van der Waals surface area contributed by atoms with Crippen molar-refractivity contribution < 1.29 is 9.90 Å². The summed E-state index contributed by atoms with van der Waals surface area (Å²) in [7, 11) is 0. The van der Waals surface area contributed by atoms with Gasteiger partial charge < -0.3 is 5.11 Å².